The first-order valence-electron chi connectivity index (χ1n) is 5.45. The van der Waals surface area contributed by atoms with Gasteiger partial charge in [-0.15, -0.1) is 0 Å². The topological polar surface area (TPSA) is 55.7 Å². The van der Waals surface area contributed by atoms with Crippen LogP contribution in [0.4, 0.5) is 0 Å². The van der Waals surface area contributed by atoms with Gasteiger partial charge in [-0.25, -0.2) is 4.79 Å². The van der Waals surface area contributed by atoms with Crippen LogP contribution in [0.3, 0.4) is 0 Å². The molecule has 0 unspecified atom stereocenters. The van der Waals surface area contributed by atoms with Crippen molar-refractivity contribution in [3.63, 3.8) is 0 Å². The molecule has 0 radical (unpaired) electrons. The van der Waals surface area contributed by atoms with Crippen LogP contribution < -0.4 is 0 Å². The van der Waals surface area contributed by atoms with Crippen LogP contribution >= 0.6 is 0 Å². The lowest BCUT2D eigenvalue weighted by Gasteiger charge is -2.20. The Hall–Kier alpha value is -1.71. The Morgan fingerprint density at radius 3 is 2.47 bits per heavy atom. The van der Waals surface area contributed by atoms with Crippen molar-refractivity contribution in [1.29, 1.82) is 0 Å². The average Bonchev–Trinajstić information content (AvgIpc) is 2.15. The van der Waals surface area contributed by atoms with Crippen molar-refractivity contribution in [2.24, 2.45) is 5.18 Å². The monoisotopic (exact) mass is 235 g/mol. The van der Waals surface area contributed by atoms with E-state index < -0.39 is 5.60 Å². The van der Waals surface area contributed by atoms with Crippen LogP contribution in [0.2, 0.25) is 0 Å². The molecule has 0 spiro atoms. The molecule has 1 aromatic carbocycles. The molecule has 0 fully saturated rings. The highest BCUT2D eigenvalue weighted by Crippen LogP contribution is 2.17. The first-order chi connectivity index (χ1) is 7.83. The van der Waals surface area contributed by atoms with Crippen LogP contribution in [0.1, 0.15) is 42.3 Å². The zero-order valence-electron chi connectivity index (χ0n) is 10.6. The minimum absolute atomic E-state index is 0.120. The number of hydrogen-bond acceptors (Lipinski definition) is 4. The van der Waals surface area contributed by atoms with E-state index in [9.17, 15) is 9.70 Å². The van der Waals surface area contributed by atoms with Crippen molar-refractivity contribution < 1.29 is 9.53 Å². The van der Waals surface area contributed by atoms with Gasteiger partial charge in [0.05, 0.1) is 5.56 Å². The Morgan fingerprint density at radius 1 is 1.35 bits per heavy atom. The molecule has 0 saturated carbocycles. The van der Waals surface area contributed by atoms with E-state index in [0.29, 0.717) is 5.56 Å². The summed E-state index contributed by atoms with van der Waals surface area (Å²) in [6.45, 7) is 7.41. The summed E-state index contributed by atoms with van der Waals surface area (Å²) in [6.07, 6.45) is 0. The molecule has 0 aliphatic heterocycles. The number of carbonyl (C=O) groups is 1. The Bertz CT molecular complexity index is 433. The third kappa shape index (κ3) is 3.98. The molecule has 0 aliphatic carbocycles. The fourth-order valence-corrected chi connectivity index (χ4v) is 1.46. The molecule has 0 bridgehead atoms. The molecule has 1 aromatic rings. The van der Waals surface area contributed by atoms with E-state index in [2.05, 4.69) is 5.18 Å². The summed E-state index contributed by atoms with van der Waals surface area (Å²) in [5.74, 6) is -0.347. The third-order valence-corrected chi connectivity index (χ3v) is 2.16. The van der Waals surface area contributed by atoms with Gasteiger partial charge in [0, 0.05) is 0 Å². The summed E-state index contributed by atoms with van der Waals surface area (Å²) in [6, 6.07) is 5.16. The van der Waals surface area contributed by atoms with Gasteiger partial charge in [0.15, 0.2) is 0 Å². The summed E-state index contributed by atoms with van der Waals surface area (Å²) >= 11 is 0. The number of rotatable bonds is 3. The molecule has 17 heavy (non-hydrogen) atoms. The van der Waals surface area contributed by atoms with Gasteiger partial charge >= 0.3 is 5.97 Å². The van der Waals surface area contributed by atoms with Gasteiger partial charge < -0.3 is 4.74 Å². The van der Waals surface area contributed by atoms with Crippen LogP contribution in [-0.2, 0) is 11.3 Å². The van der Waals surface area contributed by atoms with E-state index in [-0.39, 0.29) is 12.5 Å². The van der Waals surface area contributed by atoms with Crippen LogP contribution in [0.15, 0.2) is 23.4 Å². The molecule has 0 saturated heterocycles. The molecule has 4 nitrogen and oxygen atoms in total. The van der Waals surface area contributed by atoms with Gasteiger partial charge in [0.25, 0.3) is 0 Å². The zero-order valence-corrected chi connectivity index (χ0v) is 10.6. The number of aryl methyl sites for hydroxylation is 1. The Kier molecular flexibility index (Phi) is 3.99. The highest BCUT2D eigenvalue weighted by Gasteiger charge is 2.19. The van der Waals surface area contributed by atoms with E-state index >= 15 is 0 Å². The van der Waals surface area contributed by atoms with Crippen molar-refractivity contribution in [2.75, 3.05) is 0 Å². The molecule has 4 heteroatoms. The molecule has 0 atom stereocenters. The Balaban J connectivity index is 2.92. The van der Waals surface area contributed by atoms with Crippen molar-refractivity contribution in [3.05, 3.63) is 39.8 Å². The molecular formula is C13H17NO3. The lowest BCUT2D eigenvalue weighted by atomic mass is 10.0. The normalized spacial score (nSPS) is 11.1. The van der Waals surface area contributed by atoms with Gasteiger partial charge in [0.2, 0.25) is 0 Å². The number of benzene rings is 1. The highest BCUT2D eigenvalue weighted by atomic mass is 16.6. The summed E-state index contributed by atoms with van der Waals surface area (Å²) < 4.78 is 5.28. The molecule has 1 rings (SSSR count). The predicted molar refractivity (Wildman–Crippen MR) is 65.8 cm³/mol. The standard InChI is InChI=1S/C13H17NO3/c1-9-7-10(8-14-16)5-6-11(9)12(15)17-13(2,3)4/h5-7H,8H2,1-4H3. The van der Waals surface area contributed by atoms with Crippen LogP contribution in [-0.4, -0.2) is 11.6 Å². The number of hydrogen-bond donors (Lipinski definition) is 0. The summed E-state index contributed by atoms with van der Waals surface area (Å²) in [5.41, 5.74) is 1.60. The maximum atomic E-state index is 11.8. The quantitative estimate of drug-likeness (QED) is 0.597. The molecule has 0 aliphatic rings. The number of esters is 1. The summed E-state index contributed by atoms with van der Waals surface area (Å²) in [4.78, 5) is 22.0. The second-order valence-corrected chi connectivity index (χ2v) is 4.94. The molecule has 0 N–H and O–H groups in total. The van der Waals surface area contributed by atoms with Gasteiger partial charge in [-0.1, -0.05) is 17.3 Å². The van der Waals surface area contributed by atoms with Crippen LogP contribution in [0.5, 0.6) is 0 Å². The number of ether oxygens (including phenoxy) is 1. The van der Waals surface area contributed by atoms with E-state index in [0.717, 1.165) is 11.1 Å². The zero-order chi connectivity index (χ0) is 13.1. The van der Waals surface area contributed by atoms with Crippen molar-refractivity contribution in [1.82, 2.24) is 0 Å². The number of nitrogens with zero attached hydrogens (tertiary/aromatic N) is 1. The third-order valence-electron chi connectivity index (χ3n) is 2.16. The van der Waals surface area contributed by atoms with Gasteiger partial charge in [-0.05, 0) is 44.9 Å². The van der Waals surface area contributed by atoms with Crippen LogP contribution in [0, 0.1) is 11.8 Å². The van der Waals surface area contributed by atoms with Crippen molar-refractivity contribution in [2.45, 2.75) is 39.8 Å². The van der Waals surface area contributed by atoms with E-state index in [4.69, 9.17) is 4.74 Å². The molecule has 0 heterocycles. The molecule has 0 aromatic heterocycles. The lowest BCUT2D eigenvalue weighted by molar-refractivity contribution is 0.00688. The number of nitroso groups, excluding NO2 is 1. The van der Waals surface area contributed by atoms with Gasteiger partial charge in [-0.3, -0.25) is 0 Å². The van der Waals surface area contributed by atoms with Crippen molar-refractivity contribution in [3.8, 4) is 0 Å². The fourth-order valence-electron chi connectivity index (χ4n) is 1.46. The van der Waals surface area contributed by atoms with Crippen LogP contribution in [0.25, 0.3) is 0 Å². The first-order valence-corrected chi connectivity index (χ1v) is 5.45. The van der Waals surface area contributed by atoms with E-state index in [1.807, 2.05) is 27.7 Å². The lowest BCUT2D eigenvalue weighted by Crippen LogP contribution is -2.24. The Labute approximate surface area is 101 Å². The minimum Gasteiger partial charge on any atom is -0.456 e. The fraction of sp³-hybridized carbons (Fsp3) is 0.462. The SMILES string of the molecule is Cc1cc(CN=O)ccc1C(=O)OC(C)(C)C. The second kappa shape index (κ2) is 5.08. The van der Waals surface area contributed by atoms with E-state index in [1.54, 1.807) is 18.2 Å². The maximum absolute atomic E-state index is 11.8. The first kappa shape index (κ1) is 13.4. The van der Waals surface area contributed by atoms with Gasteiger partial charge in [-0.2, -0.15) is 4.91 Å². The second-order valence-electron chi connectivity index (χ2n) is 4.94. The van der Waals surface area contributed by atoms with Gasteiger partial charge in [0.1, 0.15) is 12.1 Å². The van der Waals surface area contributed by atoms with E-state index in [1.165, 1.54) is 0 Å². The predicted octanol–water partition coefficient (Wildman–Crippen LogP) is 3.22. The summed E-state index contributed by atoms with van der Waals surface area (Å²) in [5, 5.41) is 2.81. The number of carbonyl (C=O) groups excluding carboxylic acids is 1. The summed E-state index contributed by atoms with van der Waals surface area (Å²) in [7, 11) is 0. The maximum Gasteiger partial charge on any atom is 0.338 e. The molecule has 92 valence electrons. The smallest absolute Gasteiger partial charge is 0.338 e. The minimum atomic E-state index is -0.507. The van der Waals surface area contributed by atoms with Crippen molar-refractivity contribution >= 4 is 5.97 Å². The Morgan fingerprint density at radius 2 is 2.00 bits per heavy atom. The molecule has 0 amide bonds. The largest absolute Gasteiger partial charge is 0.456 e. The highest BCUT2D eigenvalue weighted by molar-refractivity contribution is 5.91. The molecular weight excluding hydrogens is 218 g/mol. The average molecular weight is 235 g/mol.